The van der Waals surface area contributed by atoms with E-state index < -0.39 is 0 Å². The van der Waals surface area contributed by atoms with Gasteiger partial charge in [-0.1, -0.05) is 24.6 Å². The van der Waals surface area contributed by atoms with Crippen LogP contribution in [0.2, 0.25) is 0 Å². The zero-order valence-electron chi connectivity index (χ0n) is 18.2. The molecule has 31 heavy (non-hydrogen) atoms. The van der Waals surface area contributed by atoms with E-state index in [-0.39, 0.29) is 11.9 Å². The summed E-state index contributed by atoms with van der Waals surface area (Å²) in [6.07, 6.45) is 3.34. The van der Waals surface area contributed by atoms with Gasteiger partial charge < -0.3 is 19.8 Å². The summed E-state index contributed by atoms with van der Waals surface area (Å²) >= 11 is 0. The Kier molecular flexibility index (Phi) is 5.24. The summed E-state index contributed by atoms with van der Waals surface area (Å²) in [4.78, 5) is 17.8. The van der Waals surface area contributed by atoms with E-state index in [9.17, 15) is 4.79 Å². The molecule has 0 radical (unpaired) electrons. The first-order chi connectivity index (χ1) is 15.2. The smallest absolute Gasteiger partial charge is 0.251 e. The van der Waals surface area contributed by atoms with Gasteiger partial charge in [0.15, 0.2) is 5.82 Å². The van der Waals surface area contributed by atoms with Crippen LogP contribution in [0.15, 0.2) is 48.5 Å². The third-order valence-corrected chi connectivity index (χ3v) is 6.38. The second kappa shape index (κ2) is 8.19. The lowest BCUT2D eigenvalue weighted by Gasteiger charge is -2.16. The first-order valence-corrected chi connectivity index (χ1v) is 11.2. The Labute approximate surface area is 182 Å². The predicted molar refractivity (Wildman–Crippen MR) is 125 cm³/mol. The fraction of sp³-hybridized carbons (Fsp3) is 0.360. The fourth-order valence-corrected chi connectivity index (χ4v) is 4.72. The molecule has 6 nitrogen and oxygen atoms in total. The Hall–Kier alpha value is -3.12. The molecule has 160 valence electrons. The van der Waals surface area contributed by atoms with Crippen LogP contribution in [0.5, 0.6) is 0 Å². The van der Waals surface area contributed by atoms with Gasteiger partial charge in [-0.25, -0.2) is 4.98 Å². The molecule has 1 fully saturated rings. The van der Waals surface area contributed by atoms with Gasteiger partial charge in [-0.2, -0.15) is 0 Å². The fourth-order valence-electron chi connectivity index (χ4n) is 4.72. The third kappa shape index (κ3) is 3.61. The van der Waals surface area contributed by atoms with Crippen LogP contribution < -0.4 is 10.6 Å². The lowest BCUT2D eigenvalue weighted by Crippen LogP contribution is -2.40. The van der Waals surface area contributed by atoms with Crippen molar-refractivity contribution in [1.29, 1.82) is 0 Å². The third-order valence-electron chi connectivity index (χ3n) is 6.38. The number of para-hydroxylation sites is 1. The second-order valence-electron chi connectivity index (χ2n) is 8.40. The van der Waals surface area contributed by atoms with E-state index in [0.717, 1.165) is 55.0 Å². The number of carbonyl (C=O) groups is 1. The maximum absolute atomic E-state index is 12.9. The van der Waals surface area contributed by atoms with Crippen LogP contribution in [-0.4, -0.2) is 39.2 Å². The molecule has 0 spiro atoms. The Balaban J connectivity index is 1.50. The Morgan fingerprint density at radius 1 is 1.16 bits per heavy atom. The van der Waals surface area contributed by atoms with Crippen LogP contribution in [0.1, 0.15) is 36.5 Å². The van der Waals surface area contributed by atoms with Gasteiger partial charge in [-0.3, -0.25) is 4.79 Å². The van der Waals surface area contributed by atoms with Crippen LogP contribution in [0.3, 0.4) is 0 Å². The van der Waals surface area contributed by atoms with Gasteiger partial charge in [0.1, 0.15) is 0 Å². The molecular weight excluding hydrogens is 386 g/mol. The monoisotopic (exact) mass is 415 g/mol. The molecule has 1 saturated heterocycles. The number of hydrogen-bond donors (Lipinski definition) is 2. The molecular formula is C25H29N5O. The van der Waals surface area contributed by atoms with Crippen molar-refractivity contribution in [2.45, 2.75) is 38.8 Å². The number of nitrogens with one attached hydrogen (secondary N) is 2. The highest BCUT2D eigenvalue weighted by molar-refractivity contribution is 5.98. The maximum Gasteiger partial charge on any atom is 0.251 e. The van der Waals surface area contributed by atoms with Gasteiger partial charge in [-0.15, -0.1) is 0 Å². The molecule has 1 atom stereocenters. The number of aryl methyl sites for hydroxylation is 2. The summed E-state index contributed by atoms with van der Waals surface area (Å²) in [6.45, 7) is 4.89. The first-order valence-electron chi connectivity index (χ1n) is 11.2. The average molecular weight is 416 g/mol. The van der Waals surface area contributed by atoms with Crippen LogP contribution in [0.25, 0.3) is 33.5 Å². The van der Waals surface area contributed by atoms with Gasteiger partial charge in [0.2, 0.25) is 0 Å². The van der Waals surface area contributed by atoms with E-state index in [2.05, 4.69) is 57.0 Å². The summed E-state index contributed by atoms with van der Waals surface area (Å²) in [5, 5.41) is 7.80. The predicted octanol–water partition coefficient (Wildman–Crippen LogP) is 4.09. The van der Waals surface area contributed by atoms with Crippen molar-refractivity contribution in [3.63, 3.8) is 0 Å². The molecule has 1 aliphatic heterocycles. The van der Waals surface area contributed by atoms with Gasteiger partial charge in [0.05, 0.1) is 16.7 Å². The Bertz CT molecular complexity index is 1240. The maximum atomic E-state index is 12.9. The molecule has 0 saturated carbocycles. The van der Waals surface area contributed by atoms with Crippen molar-refractivity contribution in [2.75, 3.05) is 13.1 Å². The number of imidazole rings is 1. The second-order valence-corrected chi connectivity index (χ2v) is 8.40. The molecule has 5 rings (SSSR count). The number of fused-ring (bicyclic) bond motifs is 2. The number of aromatic nitrogens is 3. The van der Waals surface area contributed by atoms with Crippen molar-refractivity contribution in [3.8, 4) is 11.5 Å². The standard InChI is InChI=1S/C25H29N5O/c1-3-30-21-10-5-4-8-17(21)15-23(30)24-28-20-14-18(11-12-22(20)29(24)2)25(31)27-19-9-6-7-13-26-16-19/h4-5,8,10-12,14-15,19,26H,3,6-7,9,13,16H2,1-2H3,(H,27,31)/t19-/m1/s1. The molecule has 2 N–H and O–H groups in total. The number of hydrogen-bond acceptors (Lipinski definition) is 3. The minimum Gasteiger partial charge on any atom is -0.348 e. The molecule has 0 bridgehead atoms. The number of rotatable bonds is 4. The minimum absolute atomic E-state index is 0.0227. The number of benzene rings is 2. The van der Waals surface area contributed by atoms with Gasteiger partial charge >= 0.3 is 0 Å². The quantitative estimate of drug-likeness (QED) is 0.528. The molecule has 4 aromatic rings. The highest BCUT2D eigenvalue weighted by atomic mass is 16.1. The van der Waals surface area contributed by atoms with E-state index in [1.54, 1.807) is 0 Å². The molecule has 2 aromatic heterocycles. The van der Waals surface area contributed by atoms with E-state index in [0.29, 0.717) is 5.56 Å². The highest BCUT2D eigenvalue weighted by Crippen LogP contribution is 2.30. The summed E-state index contributed by atoms with van der Waals surface area (Å²) in [5.41, 5.74) is 4.84. The summed E-state index contributed by atoms with van der Waals surface area (Å²) in [5.74, 6) is 0.893. The topological polar surface area (TPSA) is 63.9 Å². The zero-order chi connectivity index (χ0) is 21.4. The van der Waals surface area contributed by atoms with Gasteiger partial charge in [0, 0.05) is 42.6 Å². The van der Waals surface area contributed by atoms with Crippen molar-refractivity contribution in [2.24, 2.45) is 7.05 Å². The number of amides is 1. The van der Waals surface area contributed by atoms with Crippen LogP contribution in [0.4, 0.5) is 0 Å². The molecule has 3 heterocycles. The largest absolute Gasteiger partial charge is 0.348 e. The number of carbonyl (C=O) groups excluding carboxylic acids is 1. The molecule has 6 heteroatoms. The SMILES string of the molecule is CCn1c(-c2nc3cc(C(=O)N[C@@H]4CCCCNC4)ccc3n2C)cc2ccccc21. The van der Waals surface area contributed by atoms with Crippen molar-refractivity contribution < 1.29 is 4.79 Å². The van der Waals surface area contributed by atoms with E-state index >= 15 is 0 Å². The van der Waals surface area contributed by atoms with Gasteiger partial charge in [0.25, 0.3) is 5.91 Å². The zero-order valence-corrected chi connectivity index (χ0v) is 18.2. The normalized spacial score (nSPS) is 17.2. The Morgan fingerprint density at radius 3 is 2.90 bits per heavy atom. The van der Waals surface area contributed by atoms with Crippen molar-refractivity contribution >= 4 is 27.8 Å². The van der Waals surface area contributed by atoms with Crippen LogP contribution >= 0.6 is 0 Å². The first kappa shape index (κ1) is 19.8. The average Bonchev–Trinajstić information content (AvgIpc) is 3.20. The lowest BCUT2D eigenvalue weighted by molar-refractivity contribution is 0.0935. The summed E-state index contributed by atoms with van der Waals surface area (Å²) in [7, 11) is 2.04. The minimum atomic E-state index is -0.0227. The van der Waals surface area contributed by atoms with Crippen LogP contribution in [0, 0.1) is 0 Å². The lowest BCUT2D eigenvalue weighted by atomic mass is 10.1. The van der Waals surface area contributed by atoms with Crippen molar-refractivity contribution in [1.82, 2.24) is 24.8 Å². The van der Waals surface area contributed by atoms with Crippen LogP contribution in [-0.2, 0) is 13.6 Å². The molecule has 1 amide bonds. The van der Waals surface area contributed by atoms with Crippen molar-refractivity contribution in [3.05, 3.63) is 54.1 Å². The molecule has 0 aliphatic carbocycles. The van der Waals surface area contributed by atoms with Gasteiger partial charge in [-0.05, 0) is 56.6 Å². The van der Waals surface area contributed by atoms with E-state index in [1.807, 2.05) is 25.2 Å². The van der Waals surface area contributed by atoms with E-state index in [1.165, 1.54) is 17.3 Å². The highest BCUT2D eigenvalue weighted by Gasteiger charge is 2.19. The Morgan fingerprint density at radius 2 is 2.03 bits per heavy atom. The molecule has 2 aromatic carbocycles. The molecule has 1 aliphatic rings. The van der Waals surface area contributed by atoms with E-state index in [4.69, 9.17) is 4.98 Å². The molecule has 0 unspecified atom stereocenters. The number of nitrogens with zero attached hydrogens (tertiary/aromatic N) is 3. The summed E-state index contributed by atoms with van der Waals surface area (Å²) in [6, 6.07) is 16.6. The summed E-state index contributed by atoms with van der Waals surface area (Å²) < 4.78 is 4.41.